The number of rotatable bonds is 3. The number of hydrogen-bond acceptors (Lipinski definition) is 3. The van der Waals surface area contributed by atoms with Crippen molar-refractivity contribution in [2.75, 3.05) is 0 Å². The smallest absolute Gasteiger partial charge is 0.271 e. The fraction of sp³-hybridized carbons (Fsp3) is 0. The molecule has 0 saturated heterocycles. The van der Waals surface area contributed by atoms with Crippen molar-refractivity contribution >= 4 is 29.2 Å². The third-order valence-electron chi connectivity index (χ3n) is 1.75. The van der Waals surface area contributed by atoms with Gasteiger partial charge in [0.1, 0.15) is 0 Å². The molecule has 2 nitrogen and oxygen atoms in total. The van der Waals surface area contributed by atoms with E-state index in [9.17, 15) is 4.79 Å². The molecular weight excluding hydrogens is 226 g/mol. The highest BCUT2D eigenvalue weighted by Crippen LogP contribution is 2.15. The molecule has 2 rings (SSSR count). The molecule has 2 aromatic rings. The van der Waals surface area contributed by atoms with Gasteiger partial charge in [-0.25, -0.2) is 0 Å². The van der Waals surface area contributed by atoms with E-state index in [1.807, 2.05) is 47.8 Å². The number of thiophene rings is 1. The summed E-state index contributed by atoms with van der Waals surface area (Å²) in [5, 5.41) is 1.89. The normalized spacial score (nSPS) is 9.87. The van der Waals surface area contributed by atoms with E-state index in [-0.39, 0.29) is 5.91 Å². The first-order chi connectivity index (χ1) is 7.36. The first-order valence-corrected chi connectivity index (χ1v) is 6.11. The summed E-state index contributed by atoms with van der Waals surface area (Å²) in [5.74, 6) is -0.0427. The van der Waals surface area contributed by atoms with Crippen LogP contribution in [0.1, 0.15) is 9.67 Å². The Labute approximate surface area is 96.5 Å². The third-order valence-corrected chi connectivity index (χ3v) is 3.41. The number of carbonyl (C=O) groups is 1. The molecule has 0 spiro atoms. The van der Waals surface area contributed by atoms with Gasteiger partial charge in [0, 0.05) is 4.90 Å². The second kappa shape index (κ2) is 5.00. The summed E-state index contributed by atoms with van der Waals surface area (Å²) in [5.41, 5.74) is 0. The second-order valence-corrected chi connectivity index (χ2v) is 4.65. The van der Waals surface area contributed by atoms with Gasteiger partial charge in [0.15, 0.2) is 0 Å². The number of amides is 1. The van der Waals surface area contributed by atoms with Crippen molar-refractivity contribution in [3.8, 4) is 0 Å². The topological polar surface area (TPSA) is 29.1 Å². The van der Waals surface area contributed by atoms with Crippen LogP contribution in [0.25, 0.3) is 0 Å². The molecule has 0 aliphatic carbocycles. The summed E-state index contributed by atoms with van der Waals surface area (Å²) in [4.78, 5) is 13.3. The monoisotopic (exact) mass is 235 g/mol. The summed E-state index contributed by atoms with van der Waals surface area (Å²) in [6.07, 6.45) is 0. The minimum absolute atomic E-state index is 0.0427. The van der Waals surface area contributed by atoms with E-state index in [0.29, 0.717) is 0 Å². The molecular formula is C11H9NOS2. The van der Waals surface area contributed by atoms with Gasteiger partial charge < -0.3 is 0 Å². The Hall–Kier alpha value is -1.26. The summed E-state index contributed by atoms with van der Waals surface area (Å²) >= 11 is 2.77. The lowest BCUT2D eigenvalue weighted by atomic mass is 10.4. The first kappa shape index (κ1) is 10.3. The summed E-state index contributed by atoms with van der Waals surface area (Å²) in [6.45, 7) is 0. The molecule has 1 amide bonds. The van der Waals surface area contributed by atoms with Crippen LogP contribution in [0.15, 0.2) is 52.7 Å². The fourth-order valence-electron chi connectivity index (χ4n) is 1.05. The number of hydrogen-bond donors (Lipinski definition) is 1. The Balaban J connectivity index is 1.92. The minimum Gasteiger partial charge on any atom is -0.291 e. The highest BCUT2D eigenvalue weighted by atomic mass is 32.2. The highest BCUT2D eigenvalue weighted by Gasteiger charge is 2.05. The van der Waals surface area contributed by atoms with Crippen LogP contribution in [0.3, 0.4) is 0 Å². The molecule has 4 heteroatoms. The fourth-order valence-corrected chi connectivity index (χ4v) is 2.35. The second-order valence-electron chi connectivity index (χ2n) is 2.82. The molecule has 0 atom stereocenters. The van der Waals surface area contributed by atoms with Crippen molar-refractivity contribution in [3.05, 3.63) is 52.7 Å². The van der Waals surface area contributed by atoms with Gasteiger partial charge in [0.2, 0.25) is 0 Å². The zero-order chi connectivity index (χ0) is 10.5. The molecule has 0 aliphatic heterocycles. The van der Waals surface area contributed by atoms with Crippen LogP contribution in [0, 0.1) is 0 Å². The van der Waals surface area contributed by atoms with Gasteiger partial charge in [-0.3, -0.25) is 9.52 Å². The maximum absolute atomic E-state index is 11.6. The van der Waals surface area contributed by atoms with Crippen molar-refractivity contribution in [2.24, 2.45) is 0 Å². The van der Waals surface area contributed by atoms with Crippen molar-refractivity contribution in [2.45, 2.75) is 4.90 Å². The molecule has 1 aromatic heterocycles. The molecule has 0 saturated carbocycles. The zero-order valence-electron chi connectivity index (χ0n) is 7.84. The van der Waals surface area contributed by atoms with Crippen molar-refractivity contribution in [3.63, 3.8) is 0 Å². The lowest BCUT2D eigenvalue weighted by Crippen LogP contribution is -2.13. The van der Waals surface area contributed by atoms with Crippen LogP contribution >= 0.6 is 23.3 Å². The van der Waals surface area contributed by atoms with Crippen LogP contribution in [0.5, 0.6) is 0 Å². The maximum Gasteiger partial charge on any atom is 0.271 e. The van der Waals surface area contributed by atoms with Gasteiger partial charge in [-0.15, -0.1) is 11.3 Å². The van der Waals surface area contributed by atoms with E-state index in [4.69, 9.17) is 0 Å². The lowest BCUT2D eigenvalue weighted by Gasteiger charge is -2.01. The Morgan fingerprint density at radius 2 is 1.93 bits per heavy atom. The molecule has 0 radical (unpaired) electrons. The quantitative estimate of drug-likeness (QED) is 0.828. The van der Waals surface area contributed by atoms with E-state index < -0.39 is 0 Å². The van der Waals surface area contributed by atoms with Gasteiger partial charge in [0.25, 0.3) is 5.91 Å². The third kappa shape index (κ3) is 2.84. The van der Waals surface area contributed by atoms with Crippen LogP contribution in [-0.2, 0) is 0 Å². The summed E-state index contributed by atoms with van der Waals surface area (Å²) < 4.78 is 2.79. The van der Waals surface area contributed by atoms with Gasteiger partial charge in [0.05, 0.1) is 4.88 Å². The summed E-state index contributed by atoms with van der Waals surface area (Å²) in [7, 11) is 0. The molecule has 15 heavy (non-hydrogen) atoms. The van der Waals surface area contributed by atoms with Crippen LogP contribution in [0.2, 0.25) is 0 Å². The molecule has 0 fully saturated rings. The number of carbonyl (C=O) groups excluding carboxylic acids is 1. The Morgan fingerprint density at radius 1 is 1.13 bits per heavy atom. The average molecular weight is 235 g/mol. The first-order valence-electron chi connectivity index (χ1n) is 4.42. The predicted molar refractivity (Wildman–Crippen MR) is 64.1 cm³/mol. The van der Waals surface area contributed by atoms with E-state index in [0.717, 1.165) is 9.77 Å². The van der Waals surface area contributed by atoms with Gasteiger partial charge in [-0.05, 0) is 35.5 Å². The summed E-state index contributed by atoms with van der Waals surface area (Å²) in [6, 6.07) is 13.4. The Bertz CT molecular complexity index is 425. The van der Waals surface area contributed by atoms with Crippen molar-refractivity contribution < 1.29 is 4.79 Å². The SMILES string of the molecule is O=C(NSc1ccccc1)c1cccs1. The molecule has 1 N–H and O–H groups in total. The van der Waals surface area contributed by atoms with Gasteiger partial charge in [-0.1, -0.05) is 24.3 Å². The standard InChI is InChI=1S/C11H9NOS2/c13-11(10-7-4-8-14-10)12-15-9-5-2-1-3-6-9/h1-8H,(H,12,13). The largest absolute Gasteiger partial charge is 0.291 e. The van der Waals surface area contributed by atoms with Crippen LogP contribution in [0.4, 0.5) is 0 Å². The Kier molecular flexibility index (Phi) is 3.42. The van der Waals surface area contributed by atoms with Gasteiger partial charge in [-0.2, -0.15) is 0 Å². The Morgan fingerprint density at radius 3 is 2.60 bits per heavy atom. The van der Waals surface area contributed by atoms with Gasteiger partial charge >= 0.3 is 0 Å². The lowest BCUT2D eigenvalue weighted by molar-refractivity contribution is 0.0988. The minimum atomic E-state index is -0.0427. The molecule has 0 aliphatic rings. The molecule has 0 unspecified atom stereocenters. The van der Waals surface area contributed by atoms with Crippen LogP contribution in [-0.4, -0.2) is 5.91 Å². The number of nitrogens with one attached hydrogen (secondary N) is 1. The average Bonchev–Trinajstić information content (AvgIpc) is 2.81. The maximum atomic E-state index is 11.6. The highest BCUT2D eigenvalue weighted by molar-refractivity contribution is 7.98. The van der Waals surface area contributed by atoms with E-state index in [1.165, 1.54) is 23.3 Å². The van der Waals surface area contributed by atoms with E-state index in [1.54, 1.807) is 0 Å². The van der Waals surface area contributed by atoms with Crippen molar-refractivity contribution in [1.82, 2.24) is 4.72 Å². The molecule has 1 heterocycles. The zero-order valence-corrected chi connectivity index (χ0v) is 9.48. The van der Waals surface area contributed by atoms with Crippen LogP contribution < -0.4 is 4.72 Å². The molecule has 1 aromatic carbocycles. The van der Waals surface area contributed by atoms with E-state index in [2.05, 4.69) is 4.72 Å². The molecule has 0 bridgehead atoms. The van der Waals surface area contributed by atoms with E-state index >= 15 is 0 Å². The number of benzene rings is 1. The molecule has 76 valence electrons. The van der Waals surface area contributed by atoms with Crippen molar-refractivity contribution in [1.29, 1.82) is 0 Å². The predicted octanol–water partition coefficient (Wildman–Crippen LogP) is 3.19.